The number of hydrogen-bond donors (Lipinski definition) is 2. The molecule has 4 atom stereocenters. The van der Waals surface area contributed by atoms with Crippen molar-refractivity contribution in [2.24, 2.45) is 17.6 Å². The number of β-lactam (4-membered cyclic amide) rings is 1. The number of primary amides is 1. The first-order valence-electron chi connectivity index (χ1n) is 7.16. The quantitative estimate of drug-likeness (QED) is 0.598. The smallest absolute Gasteiger partial charge is 0.228 e. The van der Waals surface area contributed by atoms with Gasteiger partial charge < -0.3 is 15.5 Å². The zero-order valence-electron chi connectivity index (χ0n) is 13.6. The molecular weight excluding hydrogens is 272 g/mol. The minimum Gasteiger partial charge on any atom is -0.413 e. The molecule has 1 saturated heterocycles. The molecule has 1 fully saturated rings. The fraction of sp³-hybridized carbons (Fsp3) is 0.857. The van der Waals surface area contributed by atoms with Crippen LogP contribution in [0.15, 0.2) is 0 Å². The van der Waals surface area contributed by atoms with Crippen LogP contribution in [0, 0.1) is 11.8 Å². The Morgan fingerprint density at radius 1 is 1.35 bits per heavy atom. The van der Waals surface area contributed by atoms with Crippen LogP contribution in [0.4, 0.5) is 0 Å². The van der Waals surface area contributed by atoms with Crippen LogP contribution in [-0.2, 0) is 14.0 Å². The molecule has 0 aromatic heterocycles. The molecule has 6 heteroatoms. The molecule has 0 bridgehead atoms. The highest BCUT2D eigenvalue weighted by Crippen LogP contribution is 2.39. The first-order chi connectivity index (χ1) is 8.88. The Labute approximate surface area is 122 Å². The fourth-order valence-electron chi connectivity index (χ4n) is 2.25. The Morgan fingerprint density at radius 2 is 1.85 bits per heavy atom. The third-order valence-corrected chi connectivity index (χ3v) is 9.35. The second-order valence-electron chi connectivity index (χ2n) is 7.33. The molecule has 5 nitrogen and oxygen atoms in total. The lowest BCUT2D eigenvalue weighted by molar-refractivity contribution is -0.144. The van der Waals surface area contributed by atoms with Crippen LogP contribution in [0.2, 0.25) is 18.1 Å². The van der Waals surface area contributed by atoms with E-state index in [2.05, 4.69) is 39.2 Å². The van der Waals surface area contributed by atoms with Gasteiger partial charge in [-0.3, -0.25) is 9.59 Å². The van der Waals surface area contributed by atoms with Gasteiger partial charge in [-0.15, -0.1) is 0 Å². The second kappa shape index (κ2) is 5.48. The first kappa shape index (κ1) is 17.2. The standard InChI is InChI=1S/C14H28N2O3Si/c1-8(12(15)17)11-10(13(18)16-11)9(2)19-20(6,7)14(3,4)5/h8-11H,1-7H3,(H2,15,17)(H,16,18)/t8-,9-,10-,11-/m1/s1. The van der Waals surface area contributed by atoms with Crippen LogP contribution in [0.25, 0.3) is 0 Å². The van der Waals surface area contributed by atoms with Gasteiger partial charge >= 0.3 is 0 Å². The summed E-state index contributed by atoms with van der Waals surface area (Å²) in [6, 6.07) is -0.209. The van der Waals surface area contributed by atoms with E-state index in [1.165, 1.54) is 0 Å². The Morgan fingerprint density at radius 3 is 2.20 bits per heavy atom. The van der Waals surface area contributed by atoms with E-state index in [0.717, 1.165) is 0 Å². The summed E-state index contributed by atoms with van der Waals surface area (Å²) >= 11 is 0. The van der Waals surface area contributed by atoms with Crippen LogP contribution >= 0.6 is 0 Å². The van der Waals surface area contributed by atoms with E-state index in [9.17, 15) is 9.59 Å². The SMILES string of the molecule is C[C@@H](O[Si](C)(C)C(C)(C)C)[C@H]1C(=O)N[C@@H]1[C@@H](C)C(N)=O. The van der Waals surface area contributed by atoms with Gasteiger partial charge in [0.05, 0.1) is 24.0 Å². The minimum atomic E-state index is -1.93. The molecule has 1 aliphatic rings. The number of nitrogens with one attached hydrogen (secondary N) is 1. The van der Waals surface area contributed by atoms with Crippen molar-refractivity contribution in [2.75, 3.05) is 0 Å². The molecule has 1 heterocycles. The molecule has 2 amide bonds. The highest BCUT2D eigenvalue weighted by molar-refractivity contribution is 6.74. The van der Waals surface area contributed by atoms with Crippen LogP contribution in [0.3, 0.4) is 0 Å². The van der Waals surface area contributed by atoms with Crippen molar-refractivity contribution >= 4 is 20.1 Å². The highest BCUT2D eigenvalue weighted by atomic mass is 28.4. The van der Waals surface area contributed by atoms with Crippen molar-refractivity contribution < 1.29 is 14.0 Å². The molecule has 3 N–H and O–H groups in total. The number of hydrogen-bond acceptors (Lipinski definition) is 3. The molecule has 0 unspecified atom stereocenters. The van der Waals surface area contributed by atoms with E-state index < -0.39 is 8.32 Å². The molecule has 0 radical (unpaired) electrons. The summed E-state index contributed by atoms with van der Waals surface area (Å²) in [5.41, 5.74) is 5.33. The topological polar surface area (TPSA) is 81.4 Å². The molecule has 0 aromatic rings. The molecule has 20 heavy (non-hydrogen) atoms. The third-order valence-electron chi connectivity index (χ3n) is 4.78. The Bertz CT molecular complexity index is 404. The van der Waals surface area contributed by atoms with Crippen molar-refractivity contribution in [1.82, 2.24) is 5.32 Å². The predicted octanol–water partition coefficient (Wildman–Crippen LogP) is 1.63. The number of carbonyl (C=O) groups excluding carboxylic acids is 2. The van der Waals surface area contributed by atoms with Crippen molar-refractivity contribution in [1.29, 1.82) is 0 Å². The lowest BCUT2D eigenvalue weighted by atomic mass is 9.78. The molecular formula is C14H28N2O3Si. The van der Waals surface area contributed by atoms with Gasteiger partial charge in [0.2, 0.25) is 11.8 Å². The zero-order valence-corrected chi connectivity index (χ0v) is 14.6. The molecule has 1 rings (SSSR count). The molecule has 0 aromatic carbocycles. The Kier molecular flexibility index (Phi) is 4.71. The monoisotopic (exact) mass is 300 g/mol. The van der Waals surface area contributed by atoms with Crippen LogP contribution in [0.1, 0.15) is 34.6 Å². The normalized spacial score (nSPS) is 26.4. The van der Waals surface area contributed by atoms with Gasteiger partial charge in [-0.25, -0.2) is 0 Å². The average Bonchev–Trinajstić information content (AvgIpc) is 2.21. The van der Waals surface area contributed by atoms with Crippen molar-refractivity contribution in [3.8, 4) is 0 Å². The molecule has 116 valence electrons. The lowest BCUT2D eigenvalue weighted by Gasteiger charge is -2.46. The first-order valence-corrected chi connectivity index (χ1v) is 10.1. The minimum absolute atomic E-state index is 0.0469. The van der Waals surface area contributed by atoms with E-state index in [4.69, 9.17) is 10.2 Å². The Hall–Kier alpha value is -0.883. The number of nitrogens with two attached hydrogens (primary N) is 1. The predicted molar refractivity (Wildman–Crippen MR) is 81.5 cm³/mol. The van der Waals surface area contributed by atoms with Gasteiger partial charge in [-0.05, 0) is 25.1 Å². The summed E-state index contributed by atoms with van der Waals surface area (Å²) in [5, 5.41) is 2.86. The van der Waals surface area contributed by atoms with Crippen molar-refractivity contribution in [2.45, 2.75) is 64.9 Å². The average molecular weight is 300 g/mol. The lowest BCUT2D eigenvalue weighted by Crippen LogP contribution is -2.67. The summed E-state index contributed by atoms with van der Waals surface area (Å²) in [6.07, 6.45) is -0.198. The van der Waals surface area contributed by atoms with Crippen LogP contribution in [0.5, 0.6) is 0 Å². The molecule has 0 saturated carbocycles. The summed E-state index contributed by atoms with van der Waals surface area (Å²) < 4.78 is 6.26. The largest absolute Gasteiger partial charge is 0.413 e. The van der Waals surface area contributed by atoms with Crippen LogP contribution in [-0.4, -0.2) is 32.3 Å². The van der Waals surface area contributed by atoms with Gasteiger partial charge in [0.1, 0.15) is 0 Å². The van der Waals surface area contributed by atoms with Crippen LogP contribution < -0.4 is 11.1 Å². The summed E-state index contributed by atoms with van der Waals surface area (Å²) in [6.45, 7) is 14.5. The zero-order chi connectivity index (χ0) is 15.9. The van der Waals surface area contributed by atoms with E-state index in [1.807, 2.05) is 6.92 Å². The van der Waals surface area contributed by atoms with Gasteiger partial charge in [-0.2, -0.15) is 0 Å². The maximum Gasteiger partial charge on any atom is 0.228 e. The molecule has 1 aliphatic heterocycles. The number of amides is 2. The number of rotatable bonds is 5. The van der Waals surface area contributed by atoms with Crippen molar-refractivity contribution in [3.05, 3.63) is 0 Å². The van der Waals surface area contributed by atoms with E-state index in [0.29, 0.717) is 0 Å². The van der Waals surface area contributed by atoms with E-state index >= 15 is 0 Å². The van der Waals surface area contributed by atoms with Gasteiger partial charge in [0, 0.05) is 0 Å². The van der Waals surface area contributed by atoms with E-state index in [1.54, 1.807) is 6.92 Å². The highest BCUT2D eigenvalue weighted by Gasteiger charge is 2.50. The Balaban J connectivity index is 2.78. The van der Waals surface area contributed by atoms with Crippen molar-refractivity contribution in [3.63, 3.8) is 0 Å². The molecule has 0 spiro atoms. The van der Waals surface area contributed by atoms with Gasteiger partial charge in [0.15, 0.2) is 8.32 Å². The molecule has 0 aliphatic carbocycles. The van der Waals surface area contributed by atoms with Gasteiger partial charge in [-0.1, -0.05) is 27.7 Å². The summed E-state index contributed by atoms with van der Waals surface area (Å²) in [7, 11) is -1.93. The van der Waals surface area contributed by atoms with E-state index in [-0.39, 0.29) is 40.8 Å². The number of carbonyl (C=O) groups is 2. The second-order valence-corrected chi connectivity index (χ2v) is 12.1. The maximum atomic E-state index is 11.8. The fourth-order valence-corrected chi connectivity index (χ4v) is 3.68. The summed E-state index contributed by atoms with van der Waals surface area (Å²) in [4.78, 5) is 23.1. The summed E-state index contributed by atoms with van der Waals surface area (Å²) in [5.74, 6) is -1.09. The third kappa shape index (κ3) is 3.23. The van der Waals surface area contributed by atoms with Gasteiger partial charge in [0.25, 0.3) is 0 Å². The maximum absolute atomic E-state index is 11.8.